The van der Waals surface area contributed by atoms with Crippen LogP contribution in [0.4, 0.5) is 0 Å². The lowest BCUT2D eigenvalue weighted by Crippen LogP contribution is -2.50. The van der Waals surface area contributed by atoms with Crippen LogP contribution in [0, 0.1) is 6.92 Å². The molecule has 2 aromatic rings. The molecule has 3 rings (SSSR count). The molecular weight excluding hydrogens is 345 g/mol. The van der Waals surface area contributed by atoms with E-state index in [0.29, 0.717) is 17.9 Å². The first-order chi connectivity index (χ1) is 9.63. The average molecular weight is 364 g/mol. The Morgan fingerprint density at radius 1 is 1.50 bits per heavy atom. The van der Waals surface area contributed by atoms with Crippen molar-refractivity contribution in [1.82, 2.24) is 10.3 Å². The highest BCUT2D eigenvalue weighted by atomic mass is 35.5. The lowest BCUT2D eigenvalue weighted by Gasteiger charge is -2.40. The molecule has 1 aliphatic carbocycles. The maximum atomic E-state index is 12.3. The first-order valence-corrected chi connectivity index (χ1v) is 7.53. The van der Waals surface area contributed by atoms with Crippen LogP contribution in [-0.4, -0.2) is 10.9 Å². The number of aryl methyl sites for hydroxylation is 1. The van der Waals surface area contributed by atoms with Crippen LogP contribution < -0.4 is 11.1 Å². The van der Waals surface area contributed by atoms with Crippen molar-refractivity contribution in [3.63, 3.8) is 0 Å². The molecule has 1 aliphatic rings. The van der Waals surface area contributed by atoms with Gasteiger partial charge >= 0.3 is 0 Å². The normalized spacial score (nSPS) is 15.2. The van der Waals surface area contributed by atoms with E-state index in [4.69, 9.17) is 10.2 Å². The van der Waals surface area contributed by atoms with Gasteiger partial charge in [0.2, 0.25) is 0 Å². The second-order valence-electron chi connectivity index (χ2n) is 5.19. The molecule has 5 nitrogen and oxygen atoms in total. The van der Waals surface area contributed by atoms with Gasteiger partial charge in [0.15, 0.2) is 0 Å². The number of thiazole rings is 1. The number of rotatable bonds is 4. The van der Waals surface area contributed by atoms with Gasteiger partial charge in [-0.2, -0.15) is 0 Å². The highest BCUT2D eigenvalue weighted by Crippen LogP contribution is 2.42. The molecular formula is C14H19Cl2N3O2S. The van der Waals surface area contributed by atoms with Crippen molar-refractivity contribution in [3.8, 4) is 0 Å². The van der Waals surface area contributed by atoms with Crippen molar-refractivity contribution in [2.24, 2.45) is 5.73 Å². The summed E-state index contributed by atoms with van der Waals surface area (Å²) in [6.45, 7) is 2.27. The summed E-state index contributed by atoms with van der Waals surface area (Å²) in [4.78, 5) is 16.9. The SMILES string of the molecule is Cc1csc(C2(NC(=O)c3coc(CN)c3)CCC2)n1.Cl.Cl. The van der Waals surface area contributed by atoms with Gasteiger partial charge in [0, 0.05) is 11.1 Å². The number of hydrogen-bond donors (Lipinski definition) is 2. The Morgan fingerprint density at radius 3 is 2.68 bits per heavy atom. The summed E-state index contributed by atoms with van der Waals surface area (Å²) >= 11 is 1.61. The van der Waals surface area contributed by atoms with Gasteiger partial charge in [-0.1, -0.05) is 0 Å². The smallest absolute Gasteiger partial charge is 0.255 e. The van der Waals surface area contributed by atoms with E-state index < -0.39 is 0 Å². The van der Waals surface area contributed by atoms with Crippen LogP contribution in [0.15, 0.2) is 22.1 Å². The van der Waals surface area contributed by atoms with E-state index in [1.807, 2.05) is 12.3 Å². The van der Waals surface area contributed by atoms with Crippen molar-refractivity contribution < 1.29 is 9.21 Å². The highest BCUT2D eigenvalue weighted by molar-refractivity contribution is 7.09. The Balaban J connectivity index is 0.00000121. The number of halogens is 2. The van der Waals surface area contributed by atoms with Crippen LogP contribution in [0.5, 0.6) is 0 Å². The number of hydrogen-bond acceptors (Lipinski definition) is 5. The van der Waals surface area contributed by atoms with Crippen LogP contribution in [0.2, 0.25) is 0 Å². The molecule has 2 aromatic heterocycles. The predicted octanol–water partition coefficient (Wildman–Crippen LogP) is 3.16. The maximum absolute atomic E-state index is 12.3. The standard InChI is InChI=1S/C14H17N3O2S.2ClH/c1-9-8-20-13(16-9)14(3-2-4-14)17-12(18)10-5-11(6-15)19-7-10;;/h5,7-8H,2-4,6,15H2,1H3,(H,17,18);2*1H. The molecule has 8 heteroatoms. The monoisotopic (exact) mass is 363 g/mol. The molecule has 0 bridgehead atoms. The van der Waals surface area contributed by atoms with Gasteiger partial charge in [0.25, 0.3) is 5.91 Å². The maximum Gasteiger partial charge on any atom is 0.255 e. The molecule has 0 aliphatic heterocycles. The molecule has 0 aromatic carbocycles. The minimum absolute atomic E-state index is 0. The van der Waals surface area contributed by atoms with Crippen molar-refractivity contribution in [2.75, 3.05) is 0 Å². The summed E-state index contributed by atoms with van der Waals surface area (Å²) in [6.07, 6.45) is 4.44. The van der Waals surface area contributed by atoms with E-state index in [-0.39, 0.29) is 36.3 Å². The number of nitrogens with two attached hydrogens (primary N) is 1. The van der Waals surface area contributed by atoms with Crippen molar-refractivity contribution in [1.29, 1.82) is 0 Å². The van der Waals surface area contributed by atoms with Gasteiger partial charge in [-0.25, -0.2) is 4.98 Å². The van der Waals surface area contributed by atoms with Crippen molar-refractivity contribution in [3.05, 3.63) is 39.7 Å². The molecule has 0 saturated heterocycles. The lowest BCUT2D eigenvalue weighted by atomic mass is 9.77. The molecule has 0 atom stereocenters. The van der Waals surface area contributed by atoms with Crippen LogP contribution in [0.25, 0.3) is 0 Å². The minimum Gasteiger partial charge on any atom is -0.467 e. The van der Waals surface area contributed by atoms with Gasteiger partial charge in [-0.3, -0.25) is 4.79 Å². The van der Waals surface area contributed by atoms with Crippen LogP contribution in [0.1, 0.15) is 46.1 Å². The quantitative estimate of drug-likeness (QED) is 0.873. The third kappa shape index (κ3) is 3.46. The van der Waals surface area contributed by atoms with Crippen LogP contribution in [-0.2, 0) is 12.1 Å². The van der Waals surface area contributed by atoms with Crippen LogP contribution in [0.3, 0.4) is 0 Å². The summed E-state index contributed by atoms with van der Waals surface area (Å²) in [5, 5.41) is 6.14. The fraction of sp³-hybridized carbons (Fsp3) is 0.429. The Hall–Kier alpha value is -1.08. The first kappa shape index (κ1) is 19.0. The summed E-state index contributed by atoms with van der Waals surface area (Å²) in [6, 6.07) is 1.69. The van der Waals surface area contributed by atoms with Gasteiger partial charge < -0.3 is 15.5 Å². The number of furan rings is 1. The molecule has 0 spiro atoms. The first-order valence-electron chi connectivity index (χ1n) is 6.65. The van der Waals surface area contributed by atoms with E-state index in [2.05, 4.69) is 10.3 Å². The third-order valence-corrected chi connectivity index (χ3v) is 4.87. The molecule has 122 valence electrons. The zero-order valence-corrected chi connectivity index (χ0v) is 14.6. The van der Waals surface area contributed by atoms with Gasteiger partial charge in [0.05, 0.1) is 17.6 Å². The molecule has 2 heterocycles. The number of nitrogens with zero attached hydrogens (tertiary/aromatic N) is 1. The second kappa shape index (κ2) is 7.46. The highest BCUT2D eigenvalue weighted by Gasteiger charge is 2.42. The van der Waals surface area contributed by atoms with Gasteiger partial charge in [-0.05, 0) is 32.3 Å². The van der Waals surface area contributed by atoms with E-state index in [0.717, 1.165) is 30.0 Å². The molecule has 3 N–H and O–H groups in total. The number of carbonyl (C=O) groups excluding carboxylic acids is 1. The minimum atomic E-state index is -0.295. The van der Waals surface area contributed by atoms with Crippen molar-refractivity contribution in [2.45, 2.75) is 38.3 Å². The summed E-state index contributed by atoms with van der Waals surface area (Å²) in [5.41, 5.74) is 6.71. The Morgan fingerprint density at radius 2 is 2.23 bits per heavy atom. The fourth-order valence-electron chi connectivity index (χ4n) is 2.39. The summed E-state index contributed by atoms with van der Waals surface area (Å²) in [5.74, 6) is 0.490. The second-order valence-corrected chi connectivity index (χ2v) is 6.05. The Labute approximate surface area is 145 Å². The molecule has 22 heavy (non-hydrogen) atoms. The Bertz CT molecular complexity index is 638. The van der Waals surface area contributed by atoms with Gasteiger partial charge in [-0.15, -0.1) is 36.2 Å². The summed E-state index contributed by atoms with van der Waals surface area (Å²) < 4.78 is 5.21. The molecule has 0 unspecified atom stereocenters. The number of amides is 1. The number of nitrogens with one attached hydrogen (secondary N) is 1. The largest absolute Gasteiger partial charge is 0.467 e. The average Bonchev–Trinajstić information content (AvgIpc) is 3.02. The molecule has 1 amide bonds. The molecule has 1 fully saturated rings. The van der Waals surface area contributed by atoms with E-state index in [1.165, 1.54) is 6.26 Å². The van der Waals surface area contributed by atoms with Crippen molar-refractivity contribution >= 4 is 42.1 Å². The Kier molecular flexibility index (Phi) is 6.43. The molecule has 1 saturated carbocycles. The topological polar surface area (TPSA) is 81.2 Å². The van der Waals surface area contributed by atoms with Gasteiger partial charge in [0.1, 0.15) is 17.0 Å². The number of carbonyl (C=O) groups is 1. The number of aromatic nitrogens is 1. The molecule has 0 radical (unpaired) electrons. The summed E-state index contributed by atoms with van der Waals surface area (Å²) in [7, 11) is 0. The van der Waals surface area contributed by atoms with E-state index >= 15 is 0 Å². The third-order valence-electron chi connectivity index (χ3n) is 3.71. The predicted molar refractivity (Wildman–Crippen MR) is 90.9 cm³/mol. The van der Waals surface area contributed by atoms with Crippen LogP contribution >= 0.6 is 36.2 Å². The van der Waals surface area contributed by atoms with E-state index in [1.54, 1.807) is 17.4 Å². The zero-order chi connectivity index (χ0) is 14.2. The zero-order valence-electron chi connectivity index (χ0n) is 12.1. The van der Waals surface area contributed by atoms with E-state index in [9.17, 15) is 4.79 Å². The fourth-order valence-corrected chi connectivity index (χ4v) is 3.41. The lowest BCUT2D eigenvalue weighted by molar-refractivity contribution is 0.0822.